The first-order chi connectivity index (χ1) is 13.1. The lowest BCUT2D eigenvalue weighted by Gasteiger charge is -2.39. The summed E-state index contributed by atoms with van der Waals surface area (Å²) in [5, 5.41) is 0. The molecule has 2 aliphatic carbocycles. The molecule has 0 spiro atoms. The minimum Gasteiger partial charge on any atom is -0.422 e. The van der Waals surface area contributed by atoms with Crippen LogP contribution >= 0.6 is 0 Å². The quantitative estimate of drug-likeness (QED) is 0.392. The molecule has 1 aromatic carbocycles. The highest BCUT2D eigenvalue weighted by atomic mass is 16.6. The highest BCUT2D eigenvalue weighted by molar-refractivity contribution is 5.76. The zero-order chi connectivity index (χ0) is 20.6. The Balaban J connectivity index is 2.19. The SMILES string of the molecule is CC(=O)Oc1c(C(C)C)cc2c(c1OC(C)=O)CC1=CCCC(C)(C)[C@@H]1CC2. The Bertz CT molecular complexity index is 829. The molecule has 0 N–H and O–H groups in total. The molecular weight excluding hydrogens is 352 g/mol. The van der Waals surface area contributed by atoms with Gasteiger partial charge in [0.1, 0.15) is 0 Å². The van der Waals surface area contributed by atoms with Gasteiger partial charge in [0.15, 0.2) is 11.5 Å². The third kappa shape index (κ3) is 4.01. The molecule has 0 amide bonds. The molecule has 28 heavy (non-hydrogen) atoms. The van der Waals surface area contributed by atoms with E-state index in [1.165, 1.54) is 31.4 Å². The van der Waals surface area contributed by atoms with Crippen molar-refractivity contribution >= 4 is 11.9 Å². The summed E-state index contributed by atoms with van der Waals surface area (Å²) < 4.78 is 11.3. The van der Waals surface area contributed by atoms with Crippen molar-refractivity contribution in [1.82, 2.24) is 0 Å². The van der Waals surface area contributed by atoms with Crippen LogP contribution in [-0.2, 0) is 22.4 Å². The van der Waals surface area contributed by atoms with Crippen molar-refractivity contribution in [1.29, 1.82) is 0 Å². The largest absolute Gasteiger partial charge is 0.422 e. The fourth-order valence-corrected chi connectivity index (χ4v) is 4.82. The highest BCUT2D eigenvalue weighted by Gasteiger charge is 2.37. The lowest BCUT2D eigenvalue weighted by Crippen LogP contribution is -2.29. The Kier molecular flexibility index (Phi) is 5.69. The monoisotopic (exact) mass is 384 g/mol. The molecule has 1 atom stereocenters. The van der Waals surface area contributed by atoms with Crippen LogP contribution in [0.2, 0.25) is 0 Å². The van der Waals surface area contributed by atoms with E-state index < -0.39 is 11.9 Å². The Morgan fingerprint density at radius 3 is 2.36 bits per heavy atom. The van der Waals surface area contributed by atoms with E-state index in [-0.39, 0.29) is 11.3 Å². The van der Waals surface area contributed by atoms with E-state index in [0.717, 1.165) is 36.8 Å². The van der Waals surface area contributed by atoms with Crippen molar-refractivity contribution in [2.24, 2.45) is 11.3 Å². The van der Waals surface area contributed by atoms with Gasteiger partial charge in [-0.15, -0.1) is 0 Å². The summed E-state index contributed by atoms with van der Waals surface area (Å²) in [6.45, 7) is 11.6. The number of hydrogen-bond donors (Lipinski definition) is 0. The molecule has 0 unspecified atom stereocenters. The molecular formula is C24H32O4. The van der Waals surface area contributed by atoms with Crippen molar-refractivity contribution in [2.45, 2.75) is 79.6 Å². The molecule has 3 rings (SSSR count). The molecule has 4 nitrogen and oxygen atoms in total. The van der Waals surface area contributed by atoms with Gasteiger partial charge in [0.25, 0.3) is 0 Å². The number of aryl methyl sites for hydroxylation is 1. The average molecular weight is 385 g/mol. The molecule has 0 fully saturated rings. The van der Waals surface area contributed by atoms with Crippen LogP contribution in [0.5, 0.6) is 11.5 Å². The molecule has 152 valence electrons. The van der Waals surface area contributed by atoms with Crippen LogP contribution in [0.3, 0.4) is 0 Å². The minimum absolute atomic E-state index is 0.148. The van der Waals surface area contributed by atoms with Crippen LogP contribution in [-0.4, -0.2) is 11.9 Å². The van der Waals surface area contributed by atoms with Gasteiger partial charge in [0, 0.05) is 25.0 Å². The third-order valence-electron chi connectivity index (χ3n) is 6.24. The smallest absolute Gasteiger partial charge is 0.308 e. The van der Waals surface area contributed by atoms with E-state index >= 15 is 0 Å². The third-order valence-corrected chi connectivity index (χ3v) is 6.24. The molecule has 0 bridgehead atoms. The van der Waals surface area contributed by atoms with Gasteiger partial charge in [-0.2, -0.15) is 0 Å². The maximum Gasteiger partial charge on any atom is 0.308 e. The van der Waals surface area contributed by atoms with E-state index in [4.69, 9.17) is 9.47 Å². The van der Waals surface area contributed by atoms with E-state index in [0.29, 0.717) is 17.4 Å². The van der Waals surface area contributed by atoms with E-state index in [9.17, 15) is 9.59 Å². The topological polar surface area (TPSA) is 52.6 Å². The second-order valence-electron chi connectivity index (χ2n) is 9.18. The fraction of sp³-hybridized carbons (Fsp3) is 0.583. The van der Waals surface area contributed by atoms with Crippen molar-refractivity contribution in [3.05, 3.63) is 34.4 Å². The maximum absolute atomic E-state index is 11.9. The number of rotatable bonds is 3. The number of ether oxygens (including phenoxy) is 2. The van der Waals surface area contributed by atoms with Crippen LogP contribution in [0.4, 0.5) is 0 Å². The van der Waals surface area contributed by atoms with Crippen LogP contribution in [0.1, 0.15) is 83.4 Å². The summed E-state index contributed by atoms with van der Waals surface area (Å²) in [5.41, 5.74) is 4.83. The minimum atomic E-state index is -0.403. The zero-order valence-electron chi connectivity index (χ0n) is 18.0. The fourth-order valence-electron chi connectivity index (χ4n) is 4.82. The van der Waals surface area contributed by atoms with Gasteiger partial charge in [-0.25, -0.2) is 0 Å². The van der Waals surface area contributed by atoms with Crippen molar-refractivity contribution in [3.8, 4) is 11.5 Å². The summed E-state index contributed by atoms with van der Waals surface area (Å²) in [7, 11) is 0. The molecule has 0 radical (unpaired) electrons. The van der Waals surface area contributed by atoms with Gasteiger partial charge in [-0.3, -0.25) is 9.59 Å². The number of allylic oxidation sites excluding steroid dienone is 2. The first-order valence-electron chi connectivity index (χ1n) is 10.3. The number of esters is 2. The standard InChI is InChI=1S/C24H32O4/c1-14(2)19-12-17-9-10-21-18(8-7-11-24(21,5)6)13-20(17)23(28-16(4)26)22(19)27-15(3)25/h8,12,14,21H,7,9-11,13H2,1-6H3/t21-/m1/s1. The first kappa shape index (κ1) is 20.6. The summed E-state index contributed by atoms with van der Waals surface area (Å²) >= 11 is 0. The predicted molar refractivity (Wildman–Crippen MR) is 110 cm³/mol. The van der Waals surface area contributed by atoms with E-state index in [2.05, 4.69) is 39.8 Å². The molecule has 0 heterocycles. The second kappa shape index (κ2) is 7.73. The Morgan fingerprint density at radius 2 is 1.75 bits per heavy atom. The van der Waals surface area contributed by atoms with Gasteiger partial charge < -0.3 is 9.47 Å². The second-order valence-corrected chi connectivity index (χ2v) is 9.18. The van der Waals surface area contributed by atoms with Gasteiger partial charge in [-0.05, 0) is 54.9 Å². The zero-order valence-corrected chi connectivity index (χ0v) is 18.0. The summed E-state index contributed by atoms with van der Waals surface area (Å²) in [5.74, 6) is 0.725. The van der Waals surface area contributed by atoms with Gasteiger partial charge >= 0.3 is 11.9 Å². The van der Waals surface area contributed by atoms with E-state index in [1.807, 2.05) is 0 Å². The van der Waals surface area contributed by atoms with Gasteiger partial charge in [0.2, 0.25) is 0 Å². The average Bonchev–Trinajstić information content (AvgIpc) is 2.75. The Morgan fingerprint density at radius 1 is 1.11 bits per heavy atom. The highest BCUT2D eigenvalue weighted by Crippen LogP contribution is 2.50. The number of hydrogen-bond acceptors (Lipinski definition) is 4. The van der Waals surface area contributed by atoms with Crippen molar-refractivity contribution in [2.75, 3.05) is 0 Å². The predicted octanol–water partition coefficient (Wildman–Crippen LogP) is 5.51. The number of fused-ring (bicyclic) bond motifs is 2. The lowest BCUT2D eigenvalue weighted by atomic mass is 9.66. The number of carbonyl (C=O) groups is 2. The summed E-state index contributed by atoms with van der Waals surface area (Å²) in [6, 6.07) is 2.16. The molecule has 4 heteroatoms. The summed E-state index contributed by atoms with van der Waals surface area (Å²) in [4.78, 5) is 23.7. The molecule has 0 saturated heterocycles. The van der Waals surface area contributed by atoms with Gasteiger partial charge in [0.05, 0.1) is 0 Å². The lowest BCUT2D eigenvalue weighted by molar-refractivity contribution is -0.134. The maximum atomic E-state index is 11.9. The normalized spacial score (nSPS) is 20.5. The van der Waals surface area contributed by atoms with Crippen LogP contribution in [0.25, 0.3) is 0 Å². The van der Waals surface area contributed by atoms with Crippen molar-refractivity contribution in [3.63, 3.8) is 0 Å². The first-order valence-corrected chi connectivity index (χ1v) is 10.3. The Hall–Kier alpha value is -2.10. The molecule has 0 saturated carbocycles. The molecule has 0 aromatic heterocycles. The van der Waals surface area contributed by atoms with Crippen LogP contribution in [0, 0.1) is 11.3 Å². The van der Waals surface area contributed by atoms with E-state index in [1.54, 1.807) is 0 Å². The number of benzene rings is 1. The van der Waals surface area contributed by atoms with Crippen molar-refractivity contribution < 1.29 is 19.1 Å². The van der Waals surface area contributed by atoms with Crippen LogP contribution in [0.15, 0.2) is 17.7 Å². The van der Waals surface area contributed by atoms with Gasteiger partial charge in [-0.1, -0.05) is 45.4 Å². The molecule has 0 aliphatic heterocycles. The van der Waals surface area contributed by atoms with Crippen LogP contribution < -0.4 is 9.47 Å². The summed E-state index contributed by atoms with van der Waals surface area (Å²) in [6.07, 6.45) is 7.43. The molecule has 2 aliphatic rings. The number of carbonyl (C=O) groups excluding carboxylic acids is 2. The Labute approximate surface area is 168 Å². The molecule has 1 aromatic rings.